The van der Waals surface area contributed by atoms with Crippen molar-refractivity contribution in [3.63, 3.8) is 0 Å². The number of aliphatic imine (C=N–C) groups is 1. The highest BCUT2D eigenvalue weighted by atomic mass is 79.9. The van der Waals surface area contributed by atoms with Crippen molar-refractivity contribution in [2.75, 3.05) is 44.7 Å². The lowest BCUT2D eigenvalue weighted by atomic mass is 10.1. The maximum Gasteiger partial charge on any atom is 0.203 e. The minimum Gasteiger partial charge on any atom is -0.379 e. The number of rotatable bonds is 8. The first-order chi connectivity index (χ1) is 14.2. The molecule has 0 radical (unpaired) electrons. The Morgan fingerprint density at radius 3 is 2.93 bits per heavy atom. The molecule has 4 rings (SSSR count). The Morgan fingerprint density at radius 1 is 1.28 bits per heavy atom. The zero-order chi connectivity index (χ0) is 20.1. The second kappa shape index (κ2) is 10.1. The molecule has 1 aromatic heterocycles. The molecule has 29 heavy (non-hydrogen) atoms. The average Bonchev–Trinajstić information content (AvgIpc) is 3.08. The summed E-state index contributed by atoms with van der Waals surface area (Å²) in [6, 6.07) is 6.45. The fraction of sp³-hybridized carbons (Fsp3) is 0.524. The molecule has 3 heterocycles. The Hall–Kier alpha value is -1.41. The van der Waals surface area contributed by atoms with Crippen molar-refractivity contribution in [2.24, 2.45) is 4.99 Å². The number of fused-ring (bicyclic) bond motifs is 1. The van der Waals surface area contributed by atoms with E-state index in [0.29, 0.717) is 5.88 Å². The number of hydrogen-bond acceptors (Lipinski definition) is 5. The lowest BCUT2D eigenvalue weighted by molar-refractivity contribution is 0.0378. The topological polar surface area (TPSA) is 54.7 Å². The van der Waals surface area contributed by atoms with E-state index in [-0.39, 0.29) is 6.04 Å². The first-order valence-corrected chi connectivity index (χ1v) is 11.5. The van der Waals surface area contributed by atoms with Gasteiger partial charge in [0, 0.05) is 32.1 Å². The van der Waals surface area contributed by atoms with Crippen LogP contribution >= 0.6 is 27.5 Å². The highest BCUT2D eigenvalue weighted by Gasteiger charge is 2.17. The highest BCUT2D eigenvalue weighted by molar-refractivity contribution is 9.18. The lowest BCUT2D eigenvalue weighted by Gasteiger charge is -2.26. The third kappa shape index (κ3) is 5.40. The van der Waals surface area contributed by atoms with Crippen LogP contribution in [-0.4, -0.2) is 64.5 Å². The molecule has 0 amide bonds. The van der Waals surface area contributed by atoms with Gasteiger partial charge in [0.15, 0.2) is 0 Å². The molecule has 0 bridgehead atoms. The lowest BCUT2D eigenvalue weighted by Crippen LogP contribution is -2.37. The summed E-state index contributed by atoms with van der Waals surface area (Å²) in [6.45, 7) is 6.51. The van der Waals surface area contributed by atoms with Gasteiger partial charge in [0.1, 0.15) is 4.62 Å². The summed E-state index contributed by atoms with van der Waals surface area (Å²) < 4.78 is 8.58. The van der Waals surface area contributed by atoms with Gasteiger partial charge >= 0.3 is 0 Å². The normalized spacial score (nSPS) is 20.2. The van der Waals surface area contributed by atoms with Crippen molar-refractivity contribution < 1.29 is 4.74 Å². The molecule has 1 atom stereocenters. The molecule has 8 heteroatoms. The highest BCUT2D eigenvalue weighted by Crippen LogP contribution is 2.24. The smallest absolute Gasteiger partial charge is 0.203 e. The Labute approximate surface area is 185 Å². The number of anilines is 1. The van der Waals surface area contributed by atoms with Gasteiger partial charge < -0.3 is 14.6 Å². The maximum atomic E-state index is 6.08. The Balaban J connectivity index is 1.48. The molecule has 2 aliphatic rings. The molecule has 1 N–H and O–H groups in total. The van der Waals surface area contributed by atoms with Crippen molar-refractivity contribution in [3.8, 4) is 0 Å². The SMILES string of the molecule is ClCc1ccc2nc(NCCCN3CCOCC3)n(CC3CC=CC(Br)=N3)c2c1. The van der Waals surface area contributed by atoms with Crippen LogP contribution in [-0.2, 0) is 17.2 Å². The molecule has 2 aromatic rings. The van der Waals surface area contributed by atoms with Gasteiger partial charge in [-0.2, -0.15) is 0 Å². The third-order valence-corrected chi connectivity index (χ3v) is 6.15. The van der Waals surface area contributed by atoms with Crippen LogP contribution in [0.25, 0.3) is 11.0 Å². The molecule has 0 saturated carbocycles. The molecule has 6 nitrogen and oxygen atoms in total. The molecule has 1 fully saturated rings. The van der Waals surface area contributed by atoms with E-state index in [1.807, 2.05) is 12.1 Å². The van der Waals surface area contributed by atoms with Crippen molar-refractivity contribution in [1.82, 2.24) is 14.5 Å². The van der Waals surface area contributed by atoms with E-state index in [1.54, 1.807) is 0 Å². The number of aromatic nitrogens is 2. The van der Waals surface area contributed by atoms with Gasteiger partial charge in [-0.1, -0.05) is 12.1 Å². The predicted molar refractivity (Wildman–Crippen MR) is 124 cm³/mol. The summed E-state index contributed by atoms with van der Waals surface area (Å²) >= 11 is 9.58. The number of morpholine rings is 1. The predicted octanol–water partition coefficient (Wildman–Crippen LogP) is 4.03. The summed E-state index contributed by atoms with van der Waals surface area (Å²) in [6.07, 6.45) is 6.19. The number of benzene rings is 1. The fourth-order valence-corrected chi connectivity index (χ4v) is 4.46. The average molecular weight is 481 g/mol. The number of hydrogen-bond donors (Lipinski definition) is 1. The molecule has 1 unspecified atom stereocenters. The molecular weight excluding hydrogens is 454 g/mol. The van der Waals surface area contributed by atoms with E-state index in [0.717, 1.165) is 85.9 Å². The van der Waals surface area contributed by atoms with Crippen molar-refractivity contribution in [2.45, 2.75) is 31.3 Å². The van der Waals surface area contributed by atoms with Crippen LogP contribution in [0.15, 0.2) is 35.3 Å². The standard InChI is InChI=1S/C21H27BrClN5O/c22-20-4-1-3-17(25-20)15-28-19-13-16(14-23)5-6-18(19)26-21(28)24-7-2-8-27-9-11-29-12-10-27/h1,4-6,13,17H,2-3,7-12,14-15H2,(H,24,26). The maximum absolute atomic E-state index is 6.08. The molecule has 1 aromatic carbocycles. The monoisotopic (exact) mass is 479 g/mol. The number of nitrogens with zero attached hydrogens (tertiary/aromatic N) is 4. The molecule has 0 aliphatic carbocycles. The number of dihydropyridines is 1. The number of alkyl halides is 1. The van der Waals surface area contributed by atoms with Crippen LogP contribution in [0.2, 0.25) is 0 Å². The summed E-state index contributed by atoms with van der Waals surface area (Å²) in [5.41, 5.74) is 3.20. The zero-order valence-electron chi connectivity index (χ0n) is 16.5. The minimum atomic E-state index is 0.195. The molecule has 1 saturated heterocycles. The molecule has 0 spiro atoms. The van der Waals surface area contributed by atoms with Crippen LogP contribution < -0.4 is 5.32 Å². The quantitative estimate of drug-likeness (QED) is 0.458. The summed E-state index contributed by atoms with van der Waals surface area (Å²) in [5, 5.41) is 3.56. The van der Waals surface area contributed by atoms with Gasteiger partial charge in [-0.05, 0) is 59.1 Å². The second-order valence-electron chi connectivity index (χ2n) is 7.48. The van der Waals surface area contributed by atoms with Gasteiger partial charge in [-0.25, -0.2) is 4.98 Å². The first-order valence-electron chi connectivity index (χ1n) is 10.2. The van der Waals surface area contributed by atoms with Crippen LogP contribution in [0.3, 0.4) is 0 Å². The number of ether oxygens (including phenoxy) is 1. The Morgan fingerprint density at radius 2 is 2.14 bits per heavy atom. The second-order valence-corrected chi connectivity index (χ2v) is 8.56. The third-order valence-electron chi connectivity index (χ3n) is 5.37. The van der Waals surface area contributed by atoms with E-state index < -0.39 is 0 Å². The van der Waals surface area contributed by atoms with Crippen molar-refractivity contribution in [1.29, 1.82) is 0 Å². The number of allylic oxidation sites excluding steroid dienone is 1. The van der Waals surface area contributed by atoms with Gasteiger partial charge in [-0.3, -0.25) is 9.89 Å². The minimum absolute atomic E-state index is 0.195. The van der Waals surface area contributed by atoms with E-state index >= 15 is 0 Å². The number of imidazole rings is 1. The zero-order valence-corrected chi connectivity index (χ0v) is 18.8. The van der Waals surface area contributed by atoms with Gasteiger partial charge in [0.25, 0.3) is 0 Å². The fourth-order valence-electron chi connectivity index (χ4n) is 3.82. The van der Waals surface area contributed by atoms with E-state index in [1.165, 1.54) is 0 Å². The van der Waals surface area contributed by atoms with Gasteiger partial charge in [0.2, 0.25) is 5.95 Å². The summed E-state index contributed by atoms with van der Waals surface area (Å²) in [7, 11) is 0. The number of halogens is 2. The molecular formula is C21H27BrClN5O. The van der Waals surface area contributed by atoms with Crippen LogP contribution in [0.1, 0.15) is 18.4 Å². The summed E-state index contributed by atoms with van der Waals surface area (Å²) in [5.74, 6) is 1.41. The van der Waals surface area contributed by atoms with Crippen molar-refractivity contribution >= 4 is 49.1 Å². The first kappa shape index (κ1) is 20.8. The van der Waals surface area contributed by atoms with Gasteiger partial charge in [0.05, 0.1) is 30.3 Å². The van der Waals surface area contributed by atoms with Crippen LogP contribution in [0.4, 0.5) is 5.95 Å². The summed E-state index contributed by atoms with van der Waals surface area (Å²) in [4.78, 5) is 12.0. The van der Waals surface area contributed by atoms with E-state index in [9.17, 15) is 0 Å². The van der Waals surface area contributed by atoms with Gasteiger partial charge in [-0.15, -0.1) is 11.6 Å². The van der Waals surface area contributed by atoms with Crippen LogP contribution in [0, 0.1) is 0 Å². The largest absolute Gasteiger partial charge is 0.379 e. The Bertz CT molecular complexity index is 891. The Kier molecular flexibility index (Phi) is 7.24. The van der Waals surface area contributed by atoms with E-state index in [2.05, 4.69) is 48.9 Å². The molecule has 156 valence electrons. The van der Waals surface area contributed by atoms with Crippen LogP contribution in [0.5, 0.6) is 0 Å². The number of nitrogens with one attached hydrogen (secondary N) is 1. The van der Waals surface area contributed by atoms with E-state index in [4.69, 9.17) is 26.3 Å². The van der Waals surface area contributed by atoms with Crippen molar-refractivity contribution in [3.05, 3.63) is 35.9 Å². The molecule has 2 aliphatic heterocycles.